The maximum absolute atomic E-state index is 10.2. The van der Waals surface area contributed by atoms with E-state index in [4.69, 9.17) is 21.4 Å². The number of hydrogen-bond acceptors (Lipinski definition) is 5. The van der Waals surface area contributed by atoms with Crippen LogP contribution in [0.4, 0.5) is 0 Å². The monoisotopic (exact) mass is 365 g/mol. The molecule has 0 heterocycles. The van der Waals surface area contributed by atoms with Crippen LogP contribution in [0.3, 0.4) is 0 Å². The van der Waals surface area contributed by atoms with Gasteiger partial charge in [-0.05, 0) is 42.3 Å². The number of rotatable bonds is 9. The van der Waals surface area contributed by atoms with Gasteiger partial charge in [0.2, 0.25) is 0 Å². The molecular weight excluding hydrogens is 342 g/mol. The lowest BCUT2D eigenvalue weighted by Gasteiger charge is -2.19. The zero-order chi connectivity index (χ0) is 18.2. The zero-order valence-corrected chi connectivity index (χ0v) is 14.9. The molecule has 0 amide bonds. The van der Waals surface area contributed by atoms with Crippen LogP contribution in [0.1, 0.15) is 29.7 Å². The summed E-state index contributed by atoms with van der Waals surface area (Å²) >= 11 is 5.93. The molecular formula is C19H24ClNO4. The van der Waals surface area contributed by atoms with Gasteiger partial charge >= 0.3 is 0 Å². The summed E-state index contributed by atoms with van der Waals surface area (Å²) in [6, 6.07) is 12.4. The minimum absolute atomic E-state index is 0.00195. The first-order chi connectivity index (χ1) is 12.0. The largest absolute Gasteiger partial charge is 0.492 e. The molecule has 25 heavy (non-hydrogen) atoms. The van der Waals surface area contributed by atoms with Crippen molar-refractivity contribution in [1.29, 1.82) is 0 Å². The SMILES string of the molecule is CC(COc1ccc(CO)cc1CO)NCC(O)c1cccc(Cl)c1. The normalized spacial score (nSPS) is 13.5. The first-order valence-electron chi connectivity index (χ1n) is 8.16. The average molecular weight is 366 g/mol. The zero-order valence-electron chi connectivity index (χ0n) is 14.2. The molecule has 0 aliphatic rings. The third-order valence-corrected chi connectivity index (χ3v) is 4.09. The summed E-state index contributed by atoms with van der Waals surface area (Å²) in [5.74, 6) is 0.587. The second kappa shape index (κ2) is 9.75. The van der Waals surface area contributed by atoms with Crippen LogP contribution in [0.2, 0.25) is 5.02 Å². The number of benzene rings is 2. The van der Waals surface area contributed by atoms with Crippen molar-refractivity contribution in [3.05, 3.63) is 64.2 Å². The Bertz CT molecular complexity index is 680. The van der Waals surface area contributed by atoms with Crippen LogP contribution < -0.4 is 10.1 Å². The van der Waals surface area contributed by atoms with Crippen LogP contribution >= 0.6 is 11.6 Å². The Labute approximate surface area is 152 Å². The van der Waals surface area contributed by atoms with Crippen LogP contribution in [-0.4, -0.2) is 34.5 Å². The first-order valence-corrected chi connectivity index (χ1v) is 8.54. The van der Waals surface area contributed by atoms with Gasteiger partial charge in [0, 0.05) is 23.2 Å². The number of halogens is 1. The predicted octanol–water partition coefficient (Wildman–Crippen LogP) is 2.42. The van der Waals surface area contributed by atoms with E-state index in [0.717, 1.165) is 11.1 Å². The molecule has 2 aromatic rings. The molecule has 0 radical (unpaired) electrons. The van der Waals surface area contributed by atoms with E-state index in [1.54, 1.807) is 36.4 Å². The molecule has 6 heteroatoms. The number of ether oxygens (including phenoxy) is 1. The third-order valence-electron chi connectivity index (χ3n) is 3.86. The molecule has 2 unspecified atom stereocenters. The predicted molar refractivity (Wildman–Crippen MR) is 97.7 cm³/mol. The van der Waals surface area contributed by atoms with Gasteiger partial charge in [0.1, 0.15) is 12.4 Å². The molecule has 0 saturated carbocycles. The van der Waals surface area contributed by atoms with Crippen molar-refractivity contribution in [2.75, 3.05) is 13.2 Å². The van der Waals surface area contributed by atoms with Crippen molar-refractivity contribution in [3.63, 3.8) is 0 Å². The van der Waals surface area contributed by atoms with E-state index in [1.807, 2.05) is 13.0 Å². The lowest BCUT2D eigenvalue weighted by molar-refractivity contribution is 0.163. The standard InChI is InChI=1S/C19H24ClNO4/c1-13(21-9-18(24)15-3-2-4-17(20)8-15)12-25-19-6-5-14(10-22)7-16(19)11-23/h2-8,13,18,21-24H,9-12H2,1H3. The Morgan fingerprint density at radius 3 is 2.60 bits per heavy atom. The molecule has 0 saturated heterocycles. The van der Waals surface area contributed by atoms with Crippen molar-refractivity contribution < 1.29 is 20.1 Å². The van der Waals surface area contributed by atoms with E-state index in [2.05, 4.69) is 5.32 Å². The minimum atomic E-state index is -0.655. The fourth-order valence-corrected chi connectivity index (χ4v) is 2.61. The first kappa shape index (κ1) is 19.7. The van der Waals surface area contributed by atoms with Crippen molar-refractivity contribution in [2.45, 2.75) is 32.3 Å². The Hall–Kier alpha value is -1.63. The summed E-state index contributed by atoms with van der Waals surface area (Å²) in [4.78, 5) is 0. The summed E-state index contributed by atoms with van der Waals surface area (Å²) in [7, 11) is 0. The van der Waals surface area contributed by atoms with E-state index in [1.165, 1.54) is 0 Å². The van der Waals surface area contributed by atoms with Crippen LogP contribution in [0.5, 0.6) is 5.75 Å². The van der Waals surface area contributed by atoms with E-state index >= 15 is 0 Å². The number of aliphatic hydroxyl groups is 3. The van der Waals surface area contributed by atoms with Crippen molar-refractivity contribution in [3.8, 4) is 5.75 Å². The van der Waals surface area contributed by atoms with Crippen molar-refractivity contribution in [2.24, 2.45) is 0 Å². The fraction of sp³-hybridized carbons (Fsp3) is 0.368. The topological polar surface area (TPSA) is 82.0 Å². The Morgan fingerprint density at radius 1 is 1.12 bits per heavy atom. The molecule has 0 aromatic heterocycles. The molecule has 0 bridgehead atoms. The Morgan fingerprint density at radius 2 is 1.92 bits per heavy atom. The summed E-state index contributed by atoms with van der Waals surface area (Å²) in [6.45, 7) is 2.48. The van der Waals surface area contributed by atoms with Crippen LogP contribution in [-0.2, 0) is 13.2 Å². The van der Waals surface area contributed by atoms with Crippen LogP contribution in [0, 0.1) is 0 Å². The van der Waals surface area contributed by atoms with Gasteiger partial charge in [-0.1, -0.05) is 29.8 Å². The smallest absolute Gasteiger partial charge is 0.124 e. The summed E-state index contributed by atoms with van der Waals surface area (Å²) in [5.41, 5.74) is 2.13. The van der Waals surface area contributed by atoms with E-state index in [9.17, 15) is 10.2 Å². The van der Waals surface area contributed by atoms with Crippen LogP contribution in [0.25, 0.3) is 0 Å². The van der Waals surface area contributed by atoms with E-state index in [0.29, 0.717) is 29.5 Å². The summed E-state index contributed by atoms with van der Waals surface area (Å²) in [5, 5.41) is 32.5. The number of aliphatic hydroxyl groups excluding tert-OH is 3. The quantitative estimate of drug-likeness (QED) is 0.548. The molecule has 0 spiro atoms. The molecule has 2 aromatic carbocycles. The Balaban J connectivity index is 1.83. The van der Waals surface area contributed by atoms with Gasteiger partial charge in [-0.3, -0.25) is 0 Å². The third kappa shape index (κ3) is 5.99. The average Bonchev–Trinajstić information content (AvgIpc) is 2.64. The van der Waals surface area contributed by atoms with Crippen molar-refractivity contribution in [1.82, 2.24) is 5.32 Å². The fourth-order valence-electron chi connectivity index (χ4n) is 2.41. The second-order valence-corrected chi connectivity index (χ2v) is 6.39. The van der Waals surface area contributed by atoms with E-state index < -0.39 is 6.10 Å². The highest BCUT2D eigenvalue weighted by molar-refractivity contribution is 6.30. The molecule has 0 aliphatic heterocycles. The van der Waals surface area contributed by atoms with Crippen molar-refractivity contribution >= 4 is 11.6 Å². The van der Waals surface area contributed by atoms with Gasteiger partial charge in [0.05, 0.1) is 19.3 Å². The maximum Gasteiger partial charge on any atom is 0.124 e. The van der Waals surface area contributed by atoms with Gasteiger partial charge in [0.25, 0.3) is 0 Å². The molecule has 4 N–H and O–H groups in total. The summed E-state index contributed by atoms with van der Waals surface area (Å²) < 4.78 is 5.74. The molecule has 0 aliphatic carbocycles. The second-order valence-electron chi connectivity index (χ2n) is 5.95. The van der Waals surface area contributed by atoms with Gasteiger partial charge in [-0.25, -0.2) is 0 Å². The lowest BCUT2D eigenvalue weighted by atomic mass is 10.1. The molecule has 2 atom stereocenters. The van der Waals surface area contributed by atoms with Gasteiger partial charge in [-0.2, -0.15) is 0 Å². The summed E-state index contributed by atoms with van der Waals surface area (Å²) in [6.07, 6.45) is -0.655. The van der Waals surface area contributed by atoms with E-state index in [-0.39, 0.29) is 19.3 Å². The van der Waals surface area contributed by atoms with Gasteiger partial charge in [0.15, 0.2) is 0 Å². The highest BCUT2D eigenvalue weighted by Crippen LogP contribution is 2.21. The van der Waals surface area contributed by atoms with Gasteiger partial charge < -0.3 is 25.4 Å². The maximum atomic E-state index is 10.2. The van der Waals surface area contributed by atoms with Crippen LogP contribution in [0.15, 0.2) is 42.5 Å². The Kier molecular flexibility index (Phi) is 7.68. The molecule has 136 valence electrons. The number of nitrogens with one attached hydrogen (secondary N) is 1. The van der Waals surface area contributed by atoms with Gasteiger partial charge in [-0.15, -0.1) is 0 Å². The molecule has 0 fully saturated rings. The lowest BCUT2D eigenvalue weighted by Crippen LogP contribution is -2.35. The molecule has 2 rings (SSSR count). The molecule has 5 nitrogen and oxygen atoms in total. The highest BCUT2D eigenvalue weighted by Gasteiger charge is 2.11. The number of hydrogen-bond donors (Lipinski definition) is 4. The highest BCUT2D eigenvalue weighted by atomic mass is 35.5. The minimum Gasteiger partial charge on any atom is -0.492 e.